The van der Waals surface area contributed by atoms with E-state index in [0.717, 1.165) is 11.3 Å². The average Bonchev–Trinajstić information content (AvgIpc) is 2.60. The topological polar surface area (TPSA) is 48.0 Å². The zero-order valence-corrected chi connectivity index (χ0v) is 13.8. The zero-order chi connectivity index (χ0) is 16.8. The van der Waals surface area contributed by atoms with Crippen LogP contribution in [0, 0.1) is 0 Å². The van der Waals surface area contributed by atoms with Crippen LogP contribution in [0.25, 0.3) is 0 Å². The molecule has 2 rings (SSSR count). The van der Waals surface area contributed by atoms with E-state index in [0.29, 0.717) is 23.6 Å². The molecule has 0 radical (unpaired) electrons. The predicted molar refractivity (Wildman–Crippen MR) is 88.3 cm³/mol. The van der Waals surface area contributed by atoms with E-state index in [9.17, 15) is 4.79 Å². The molecule has 5 heteroatoms. The summed E-state index contributed by atoms with van der Waals surface area (Å²) < 4.78 is 15.6. The number of carbonyl (C=O) groups is 1. The molecule has 0 aliphatic heterocycles. The molecule has 0 unspecified atom stereocenters. The first-order chi connectivity index (χ1) is 11.1. The van der Waals surface area contributed by atoms with Gasteiger partial charge in [0.2, 0.25) is 0 Å². The summed E-state index contributed by atoms with van der Waals surface area (Å²) in [5, 5.41) is 0. The molecule has 0 N–H and O–H groups in total. The second-order valence-corrected chi connectivity index (χ2v) is 5.11. The van der Waals surface area contributed by atoms with Crippen molar-refractivity contribution >= 4 is 5.91 Å². The lowest BCUT2D eigenvalue weighted by Crippen LogP contribution is -2.26. The van der Waals surface area contributed by atoms with Crippen LogP contribution in [0.2, 0.25) is 0 Å². The van der Waals surface area contributed by atoms with E-state index in [1.165, 1.54) is 0 Å². The van der Waals surface area contributed by atoms with Gasteiger partial charge in [-0.3, -0.25) is 4.79 Å². The summed E-state index contributed by atoms with van der Waals surface area (Å²) in [5.41, 5.74) is 1.52. The van der Waals surface area contributed by atoms with Gasteiger partial charge in [-0.15, -0.1) is 0 Å². The van der Waals surface area contributed by atoms with Crippen molar-refractivity contribution in [3.05, 3.63) is 53.6 Å². The van der Waals surface area contributed by atoms with E-state index in [-0.39, 0.29) is 5.91 Å². The average molecular weight is 315 g/mol. The van der Waals surface area contributed by atoms with Gasteiger partial charge in [-0.05, 0) is 29.8 Å². The molecule has 1 amide bonds. The molecule has 0 saturated heterocycles. The second-order valence-electron chi connectivity index (χ2n) is 5.11. The van der Waals surface area contributed by atoms with Gasteiger partial charge in [-0.1, -0.05) is 12.1 Å². The fourth-order valence-corrected chi connectivity index (χ4v) is 2.27. The third-order valence-corrected chi connectivity index (χ3v) is 3.50. The van der Waals surface area contributed by atoms with Crippen molar-refractivity contribution in [2.75, 3.05) is 28.4 Å². The molecule has 0 saturated carbocycles. The van der Waals surface area contributed by atoms with Gasteiger partial charge in [0.1, 0.15) is 17.2 Å². The minimum absolute atomic E-state index is 0.106. The lowest BCUT2D eigenvalue weighted by Gasteiger charge is -2.18. The van der Waals surface area contributed by atoms with E-state index in [2.05, 4.69) is 0 Å². The minimum Gasteiger partial charge on any atom is -0.497 e. The van der Waals surface area contributed by atoms with Gasteiger partial charge >= 0.3 is 0 Å². The van der Waals surface area contributed by atoms with Crippen molar-refractivity contribution in [1.29, 1.82) is 0 Å². The van der Waals surface area contributed by atoms with Crippen molar-refractivity contribution in [3.8, 4) is 17.2 Å². The number of carbonyl (C=O) groups excluding carboxylic acids is 1. The molecule has 0 bridgehead atoms. The Morgan fingerprint density at radius 2 is 1.52 bits per heavy atom. The first-order valence-electron chi connectivity index (χ1n) is 7.19. The van der Waals surface area contributed by atoms with Crippen LogP contribution in [0.5, 0.6) is 17.2 Å². The SMILES string of the molecule is COc1cccc(CN(C)C(=O)c2cc(OC)cc(OC)c2)c1. The summed E-state index contributed by atoms with van der Waals surface area (Å²) in [4.78, 5) is 14.3. The van der Waals surface area contributed by atoms with Crippen LogP contribution in [0.3, 0.4) is 0 Å². The summed E-state index contributed by atoms with van der Waals surface area (Å²) in [6, 6.07) is 12.8. The zero-order valence-electron chi connectivity index (χ0n) is 13.8. The maximum Gasteiger partial charge on any atom is 0.254 e. The van der Waals surface area contributed by atoms with E-state index in [1.54, 1.807) is 51.5 Å². The van der Waals surface area contributed by atoms with E-state index in [1.807, 2.05) is 24.3 Å². The Bertz CT molecular complexity index is 662. The predicted octanol–water partition coefficient (Wildman–Crippen LogP) is 2.98. The normalized spacial score (nSPS) is 10.1. The molecular weight excluding hydrogens is 294 g/mol. The second kappa shape index (κ2) is 7.54. The smallest absolute Gasteiger partial charge is 0.254 e. The molecular formula is C18H21NO4. The molecule has 0 atom stereocenters. The molecule has 0 spiro atoms. The van der Waals surface area contributed by atoms with Gasteiger partial charge < -0.3 is 19.1 Å². The molecule has 0 aliphatic carbocycles. The highest BCUT2D eigenvalue weighted by Crippen LogP contribution is 2.24. The summed E-state index contributed by atoms with van der Waals surface area (Å²) in [7, 11) is 6.50. The van der Waals surface area contributed by atoms with Crippen molar-refractivity contribution in [2.45, 2.75) is 6.54 Å². The van der Waals surface area contributed by atoms with Gasteiger partial charge in [0.05, 0.1) is 21.3 Å². The van der Waals surface area contributed by atoms with E-state index in [4.69, 9.17) is 14.2 Å². The third-order valence-electron chi connectivity index (χ3n) is 3.50. The van der Waals surface area contributed by atoms with Gasteiger partial charge in [-0.2, -0.15) is 0 Å². The number of ether oxygens (including phenoxy) is 3. The molecule has 0 fully saturated rings. The van der Waals surface area contributed by atoms with Gasteiger partial charge in [0, 0.05) is 25.2 Å². The Labute approximate surface area is 136 Å². The number of hydrogen-bond donors (Lipinski definition) is 0. The Hall–Kier alpha value is -2.69. The summed E-state index contributed by atoms with van der Waals surface area (Å²) in [5.74, 6) is 1.83. The number of hydrogen-bond acceptors (Lipinski definition) is 4. The molecule has 2 aromatic rings. The number of methoxy groups -OCH3 is 3. The van der Waals surface area contributed by atoms with Crippen molar-refractivity contribution in [1.82, 2.24) is 4.90 Å². The van der Waals surface area contributed by atoms with Crippen molar-refractivity contribution in [3.63, 3.8) is 0 Å². The largest absolute Gasteiger partial charge is 0.497 e. The number of amides is 1. The maximum atomic E-state index is 12.6. The monoisotopic (exact) mass is 315 g/mol. The van der Waals surface area contributed by atoms with Crippen molar-refractivity contribution < 1.29 is 19.0 Å². The Morgan fingerprint density at radius 3 is 2.09 bits per heavy atom. The lowest BCUT2D eigenvalue weighted by molar-refractivity contribution is 0.0784. The highest BCUT2D eigenvalue weighted by molar-refractivity contribution is 5.95. The Balaban J connectivity index is 2.18. The van der Waals surface area contributed by atoms with Crippen LogP contribution in [-0.2, 0) is 6.54 Å². The fraction of sp³-hybridized carbons (Fsp3) is 0.278. The van der Waals surface area contributed by atoms with Gasteiger partial charge in [0.25, 0.3) is 5.91 Å². The Morgan fingerprint density at radius 1 is 0.913 bits per heavy atom. The van der Waals surface area contributed by atoms with Gasteiger partial charge in [-0.25, -0.2) is 0 Å². The first kappa shape index (κ1) is 16.7. The molecule has 2 aromatic carbocycles. The molecule has 0 aliphatic rings. The summed E-state index contributed by atoms with van der Waals surface area (Å²) >= 11 is 0. The number of rotatable bonds is 6. The molecule has 122 valence electrons. The number of nitrogens with zero attached hydrogens (tertiary/aromatic N) is 1. The van der Waals surface area contributed by atoms with Crippen LogP contribution in [0.4, 0.5) is 0 Å². The highest BCUT2D eigenvalue weighted by Gasteiger charge is 2.15. The summed E-state index contributed by atoms with van der Waals surface area (Å²) in [6.45, 7) is 0.482. The Kier molecular flexibility index (Phi) is 5.46. The van der Waals surface area contributed by atoms with Crippen LogP contribution >= 0.6 is 0 Å². The third kappa shape index (κ3) is 4.16. The quantitative estimate of drug-likeness (QED) is 0.822. The van der Waals surface area contributed by atoms with Crippen molar-refractivity contribution in [2.24, 2.45) is 0 Å². The van der Waals surface area contributed by atoms with Gasteiger partial charge in [0.15, 0.2) is 0 Å². The highest BCUT2D eigenvalue weighted by atomic mass is 16.5. The molecule has 0 aromatic heterocycles. The first-order valence-corrected chi connectivity index (χ1v) is 7.19. The number of benzene rings is 2. The standard InChI is InChI=1S/C18H21NO4/c1-19(12-13-6-5-7-15(8-13)21-2)18(20)14-9-16(22-3)11-17(10-14)23-4/h5-11H,12H2,1-4H3. The fourth-order valence-electron chi connectivity index (χ4n) is 2.27. The molecule has 5 nitrogen and oxygen atoms in total. The maximum absolute atomic E-state index is 12.6. The van der Waals surface area contributed by atoms with Crippen LogP contribution in [-0.4, -0.2) is 39.2 Å². The van der Waals surface area contributed by atoms with Crippen LogP contribution in [0.15, 0.2) is 42.5 Å². The molecule has 23 heavy (non-hydrogen) atoms. The lowest BCUT2D eigenvalue weighted by atomic mass is 10.1. The minimum atomic E-state index is -0.106. The molecule has 0 heterocycles. The summed E-state index contributed by atoms with van der Waals surface area (Å²) in [6.07, 6.45) is 0. The van der Waals surface area contributed by atoms with E-state index < -0.39 is 0 Å². The van der Waals surface area contributed by atoms with Crippen LogP contribution < -0.4 is 14.2 Å². The van der Waals surface area contributed by atoms with Crippen LogP contribution in [0.1, 0.15) is 15.9 Å². The van der Waals surface area contributed by atoms with E-state index >= 15 is 0 Å².